The highest BCUT2D eigenvalue weighted by Gasteiger charge is 2.11. The maximum absolute atomic E-state index is 12.2. The van der Waals surface area contributed by atoms with Crippen molar-refractivity contribution in [1.29, 1.82) is 0 Å². The minimum absolute atomic E-state index is 0.0364. The van der Waals surface area contributed by atoms with Crippen LogP contribution < -0.4 is 16.0 Å². The van der Waals surface area contributed by atoms with E-state index in [1.165, 1.54) is 0 Å². The van der Waals surface area contributed by atoms with Crippen LogP contribution >= 0.6 is 0 Å². The third-order valence-corrected chi connectivity index (χ3v) is 2.83. The van der Waals surface area contributed by atoms with E-state index in [1.807, 2.05) is 39.0 Å². The smallest absolute Gasteiger partial charge is 0.253 e. The van der Waals surface area contributed by atoms with Crippen molar-refractivity contribution in [3.05, 3.63) is 29.8 Å². The summed E-state index contributed by atoms with van der Waals surface area (Å²) in [6, 6.07) is 7.62. The molecule has 0 atom stereocenters. The molecule has 5 heteroatoms. The van der Waals surface area contributed by atoms with E-state index in [-0.39, 0.29) is 17.9 Å². The maximum Gasteiger partial charge on any atom is 0.253 e. The second-order valence-electron chi connectivity index (χ2n) is 5.20. The molecule has 1 rings (SSSR count). The quantitative estimate of drug-likeness (QED) is 0.687. The largest absolute Gasteiger partial charge is 0.382 e. The molecule has 3 N–H and O–H groups in total. The van der Waals surface area contributed by atoms with Crippen molar-refractivity contribution >= 4 is 17.5 Å². The Bertz CT molecular complexity index is 472. The second-order valence-corrected chi connectivity index (χ2v) is 5.20. The van der Waals surface area contributed by atoms with Gasteiger partial charge in [-0.3, -0.25) is 9.59 Å². The molecule has 0 spiro atoms. The zero-order chi connectivity index (χ0) is 15.7. The van der Waals surface area contributed by atoms with Crippen LogP contribution in [0.2, 0.25) is 0 Å². The zero-order valence-electron chi connectivity index (χ0n) is 13.0. The third kappa shape index (κ3) is 6.29. The first-order valence-electron chi connectivity index (χ1n) is 7.45. The fourth-order valence-electron chi connectivity index (χ4n) is 1.86. The molecule has 0 aromatic heterocycles. The molecule has 0 fully saturated rings. The van der Waals surface area contributed by atoms with Crippen LogP contribution in [0.3, 0.4) is 0 Å². The van der Waals surface area contributed by atoms with E-state index in [2.05, 4.69) is 16.0 Å². The molecule has 0 heterocycles. The monoisotopic (exact) mass is 291 g/mol. The molecule has 5 nitrogen and oxygen atoms in total. The summed E-state index contributed by atoms with van der Waals surface area (Å²) in [5.74, 6) is -0.201. The first-order valence-corrected chi connectivity index (χ1v) is 7.45. The predicted molar refractivity (Wildman–Crippen MR) is 85.5 cm³/mol. The number of para-hydroxylation sites is 1. The Labute approximate surface area is 126 Å². The lowest BCUT2D eigenvalue weighted by molar-refractivity contribution is -0.120. The number of nitrogens with one attached hydrogen (secondary N) is 3. The average Bonchev–Trinajstić information content (AvgIpc) is 2.45. The number of amides is 2. The van der Waals surface area contributed by atoms with Crippen LogP contribution in [0.4, 0.5) is 5.69 Å². The van der Waals surface area contributed by atoms with Crippen LogP contribution in [-0.2, 0) is 4.79 Å². The van der Waals surface area contributed by atoms with Crippen molar-refractivity contribution in [2.75, 3.05) is 18.4 Å². The molecular weight excluding hydrogens is 266 g/mol. The Balaban J connectivity index is 2.50. The van der Waals surface area contributed by atoms with Gasteiger partial charge in [0.25, 0.3) is 5.91 Å². The van der Waals surface area contributed by atoms with Gasteiger partial charge in [0, 0.05) is 31.2 Å². The summed E-state index contributed by atoms with van der Waals surface area (Å²) in [4.78, 5) is 23.6. The first-order chi connectivity index (χ1) is 10.0. The van der Waals surface area contributed by atoms with Gasteiger partial charge in [0.2, 0.25) is 5.91 Å². The molecule has 2 amide bonds. The van der Waals surface area contributed by atoms with E-state index < -0.39 is 0 Å². The van der Waals surface area contributed by atoms with Crippen molar-refractivity contribution in [2.45, 2.75) is 39.7 Å². The van der Waals surface area contributed by atoms with Gasteiger partial charge in [-0.05, 0) is 32.4 Å². The molecule has 0 saturated heterocycles. The highest BCUT2D eigenvalue weighted by Crippen LogP contribution is 2.15. The molecule has 116 valence electrons. The summed E-state index contributed by atoms with van der Waals surface area (Å²) < 4.78 is 0. The van der Waals surface area contributed by atoms with E-state index >= 15 is 0 Å². The summed E-state index contributed by atoms with van der Waals surface area (Å²) in [5.41, 5.74) is 1.40. The number of hydrogen-bond acceptors (Lipinski definition) is 3. The van der Waals surface area contributed by atoms with Crippen molar-refractivity contribution < 1.29 is 9.59 Å². The van der Waals surface area contributed by atoms with Gasteiger partial charge in [0.1, 0.15) is 0 Å². The van der Waals surface area contributed by atoms with Crippen LogP contribution in [0.15, 0.2) is 24.3 Å². The molecular formula is C16H25N3O2. The van der Waals surface area contributed by atoms with Crippen LogP contribution in [-0.4, -0.2) is 30.9 Å². The van der Waals surface area contributed by atoms with Gasteiger partial charge in [0.05, 0.1) is 5.56 Å². The standard InChI is InChI=1S/C16H25N3O2/c1-4-10-17-15(20)9-11-18-16(21)13-7-5-6-8-14(13)19-12(2)3/h5-8,12,19H,4,9-11H2,1-3H3,(H,17,20)(H,18,21). The van der Waals surface area contributed by atoms with Gasteiger partial charge in [-0.2, -0.15) is 0 Å². The van der Waals surface area contributed by atoms with E-state index in [1.54, 1.807) is 6.07 Å². The topological polar surface area (TPSA) is 70.2 Å². The Hall–Kier alpha value is -2.04. The van der Waals surface area contributed by atoms with Crippen LogP contribution in [0.1, 0.15) is 44.0 Å². The lowest BCUT2D eigenvalue weighted by atomic mass is 10.1. The Morgan fingerprint density at radius 2 is 1.81 bits per heavy atom. The van der Waals surface area contributed by atoms with Gasteiger partial charge in [-0.25, -0.2) is 0 Å². The summed E-state index contributed by atoms with van der Waals surface area (Å²) in [6.07, 6.45) is 1.21. The zero-order valence-corrected chi connectivity index (χ0v) is 13.0. The molecule has 0 aliphatic heterocycles. The van der Waals surface area contributed by atoms with Crippen molar-refractivity contribution in [1.82, 2.24) is 10.6 Å². The van der Waals surface area contributed by atoms with Crippen LogP contribution in [0.5, 0.6) is 0 Å². The molecule has 21 heavy (non-hydrogen) atoms. The number of hydrogen-bond donors (Lipinski definition) is 3. The van der Waals surface area contributed by atoms with E-state index in [0.29, 0.717) is 25.1 Å². The minimum Gasteiger partial charge on any atom is -0.382 e. The lowest BCUT2D eigenvalue weighted by Gasteiger charge is -2.14. The normalized spacial score (nSPS) is 10.3. The summed E-state index contributed by atoms with van der Waals surface area (Å²) >= 11 is 0. The summed E-state index contributed by atoms with van der Waals surface area (Å²) in [7, 11) is 0. The molecule has 1 aromatic rings. The van der Waals surface area contributed by atoms with E-state index in [9.17, 15) is 9.59 Å². The van der Waals surface area contributed by atoms with Gasteiger partial charge < -0.3 is 16.0 Å². The number of benzene rings is 1. The molecule has 0 aliphatic rings. The summed E-state index contributed by atoms with van der Waals surface area (Å²) in [5, 5.41) is 8.80. The van der Waals surface area contributed by atoms with Crippen molar-refractivity contribution in [2.24, 2.45) is 0 Å². The molecule has 0 aliphatic carbocycles. The Morgan fingerprint density at radius 3 is 2.48 bits per heavy atom. The molecule has 1 aromatic carbocycles. The number of anilines is 1. The van der Waals surface area contributed by atoms with Gasteiger partial charge in [-0.1, -0.05) is 19.1 Å². The maximum atomic E-state index is 12.2. The number of carbonyl (C=O) groups excluding carboxylic acids is 2. The predicted octanol–water partition coefficient (Wildman–Crippen LogP) is 2.15. The first kappa shape index (κ1) is 17.0. The fourth-order valence-corrected chi connectivity index (χ4v) is 1.86. The lowest BCUT2D eigenvalue weighted by Crippen LogP contribution is -2.31. The minimum atomic E-state index is -0.165. The van der Waals surface area contributed by atoms with Crippen LogP contribution in [0.25, 0.3) is 0 Å². The third-order valence-electron chi connectivity index (χ3n) is 2.83. The average molecular weight is 291 g/mol. The number of carbonyl (C=O) groups is 2. The Morgan fingerprint density at radius 1 is 1.10 bits per heavy atom. The molecule has 0 unspecified atom stereocenters. The molecule has 0 radical (unpaired) electrons. The van der Waals surface area contributed by atoms with E-state index in [4.69, 9.17) is 0 Å². The van der Waals surface area contributed by atoms with Crippen molar-refractivity contribution in [3.63, 3.8) is 0 Å². The second kappa shape index (κ2) is 9.00. The Kier molecular flexibility index (Phi) is 7.29. The van der Waals surface area contributed by atoms with Gasteiger partial charge in [0.15, 0.2) is 0 Å². The molecule has 0 bridgehead atoms. The van der Waals surface area contributed by atoms with Crippen LogP contribution in [0, 0.1) is 0 Å². The highest BCUT2D eigenvalue weighted by atomic mass is 16.2. The molecule has 0 saturated carbocycles. The van der Waals surface area contributed by atoms with Crippen molar-refractivity contribution in [3.8, 4) is 0 Å². The number of rotatable bonds is 8. The SMILES string of the molecule is CCCNC(=O)CCNC(=O)c1ccccc1NC(C)C. The summed E-state index contributed by atoms with van der Waals surface area (Å²) in [6.45, 7) is 7.05. The van der Waals surface area contributed by atoms with Gasteiger partial charge >= 0.3 is 0 Å². The fraction of sp³-hybridized carbons (Fsp3) is 0.500. The van der Waals surface area contributed by atoms with E-state index in [0.717, 1.165) is 12.1 Å². The van der Waals surface area contributed by atoms with Gasteiger partial charge in [-0.15, -0.1) is 0 Å². The highest BCUT2D eigenvalue weighted by molar-refractivity contribution is 5.99.